The largest absolute Gasteiger partial charge is 0.469 e. The van der Waals surface area contributed by atoms with E-state index in [-0.39, 0.29) is 11.9 Å². The lowest BCUT2D eigenvalue weighted by Crippen LogP contribution is -2.30. The molecule has 0 radical (unpaired) electrons. The van der Waals surface area contributed by atoms with Crippen molar-refractivity contribution in [3.63, 3.8) is 0 Å². The average molecular weight is 230 g/mol. The molecular weight excluding hydrogens is 216 g/mol. The number of amides is 1. The van der Waals surface area contributed by atoms with Crippen molar-refractivity contribution in [2.24, 2.45) is 0 Å². The Hall–Kier alpha value is -1.97. The van der Waals surface area contributed by atoms with Crippen LogP contribution < -0.4 is 5.32 Å². The molecule has 1 unspecified atom stereocenters. The van der Waals surface area contributed by atoms with E-state index < -0.39 is 0 Å². The fraction of sp³-hybridized carbons (Fsp3) is 0.308. The molecule has 3 rings (SSSR count). The van der Waals surface area contributed by atoms with Crippen molar-refractivity contribution in [2.45, 2.75) is 25.3 Å². The summed E-state index contributed by atoms with van der Waals surface area (Å²) in [7, 11) is 0. The predicted molar refractivity (Wildman–Crippen MR) is 62.6 cm³/mol. The van der Waals surface area contributed by atoms with Crippen LogP contribution in [0.2, 0.25) is 0 Å². The third-order valence-corrected chi connectivity index (χ3v) is 3.20. The molecule has 0 bridgehead atoms. The lowest BCUT2D eigenvalue weighted by molar-refractivity contribution is 0.0928. The van der Waals surface area contributed by atoms with E-state index in [4.69, 9.17) is 4.42 Å². The number of rotatable bonds is 2. The van der Waals surface area contributed by atoms with E-state index in [0.717, 1.165) is 30.6 Å². The van der Waals surface area contributed by atoms with Crippen LogP contribution in [-0.4, -0.2) is 10.9 Å². The van der Waals surface area contributed by atoms with E-state index in [2.05, 4.69) is 10.3 Å². The summed E-state index contributed by atoms with van der Waals surface area (Å²) in [6.45, 7) is 0. The molecule has 2 heterocycles. The maximum Gasteiger partial charge on any atom is 0.268 e. The van der Waals surface area contributed by atoms with Gasteiger partial charge in [-0.3, -0.25) is 4.79 Å². The van der Waals surface area contributed by atoms with Crippen LogP contribution in [0.1, 0.15) is 40.7 Å². The molecule has 0 aromatic carbocycles. The number of furan rings is 1. The van der Waals surface area contributed by atoms with Crippen molar-refractivity contribution in [3.05, 3.63) is 47.7 Å². The van der Waals surface area contributed by atoms with Gasteiger partial charge >= 0.3 is 0 Å². The third kappa shape index (κ3) is 1.86. The molecule has 0 aliphatic heterocycles. The number of hydrogen-bond donors (Lipinski definition) is 2. The van der Waals surface area contributed by atoms with E-state index in [9.17, 15) is 4.79 Å². The molecule has 17 heavy (non-hydrogen) atoms. The number of aromatic amines is 1. The first-order valence-corrected chi connectivity index (χ1v) is 5.85. The lowest BCUT2D eigenvalue weighted by atomic mass is 9.93. The standard InChI is InChI=1S/C13H14N2O2/c16-13(11-4-2-7-14-11)15-10-3-1-5-12-9(10)6-8-17-12/h2,4,6-8,10,14H,1,3,5H2,(H,15,16). The zero-order chi connectivity index (χ0) is 11.7. The van der Waals surface area contributed by atoms with Crippen LogP contribution in [-0.2, 0) is 6.42 Å². The Bertz CT molecular complexity index is 513. The van der Waals surface area contributed by atoms with E-state index in [0.29, 0.717) is 5.69 Å². The summed E-state index contributed by atoms with van der Waals surface area (Å²) >= 11 is 0. The smallest absolute Gasteiger partial charge is 0.268 e. The van der Waals surface area contributed by atoms with E-state index in [1.165, 1.54) is 0 Å². The number of carbonyl (C=O) groups is 1. The van der Waals surface area contributed by atoms with Crippen molar-refractivity contribution < 1.29 is 9.21 Å². The molecule has 88 valence electrons. The number of nitrogens with one attached hydrogen (secondary N) is 2. The highest BCUT2D eigenvalue weighted by Gasteiger charge is 2.24. The highest BCUT2D eigenvalue weighted by atomic mass is 16.3. The molecule has 0 spiro atoms. The van der Waals surface area contributed by atoms with Crippen molar-refractivity contribution in [1.82, 2.24) is 10.3 Å². The molecule has 4 nitrogen and oxygen atoms in total. The average Bonchev–Trinajstić information content (AvgIpc) is 3.00. The summed E-state index contributed by atoms with van der Waals surface area (Å²) in [5.41, 5.74) is 1.72. The molecule has 2 N–H and O–H groups in total. The summed E-state index contributed by atoms with van der Waals surface area (Å²) in [6, 6.07) is 5.62. The Morgan fingerprint density at radius 2 is 2.41 bits per heavy atom. The highest BCUT2D eigenvalue weighted by molar-refractivity contribution is 5.92. The maximum absolute atomic E-state index is 11.9. The molecule has 0 fully saturated rings. The van der Waals surface area contributed by atoms with Crippen LogP contribution >= 0.6 is 0 Å². The van der Waals surface area contributed by atoms with Crippen LogP contribution in [0.4, 0.5) is 0 Å². The number of hydrogen-bond acceptors (Lipinski definition) is 2. The number of fused-ring (bicyclic) bond motifs is 1. The van der Waals surface area contributed by atoms with Crippen LogP contribution in [0, 0.1) is 0 Å². The Morgan fingerprint density at radius 3 is 3.24 bits per heavy atom. The van der Waals surface area contributed by atoms with Crippen molar-refractivity contribution >= 4 is 5.91 Å². The van der Waals surface area contributed by atoms with Crippen LogP contribution in [0.5, 0.6) is 0 Å². The number of aryl methyl sites for hydroxylation is 1. The van der Waals surface area contributed by atoms with Gasteiger partial charge in [-0.2, -0.15) is 0 Å². The minimum atomic E-state index is -0.0611. The van der Waals surface area contributed by atoms with Gasteiger partial charge in [-0.05, 0) is 31.0 Å². The number of carbonyl (C=O) groups excluding carboxylic acids is 1. The SMILES string of the molecule is O=C(NC1CCCc2occc21)c1ccc[nH]1. The van der Waals surface area contributed by atoms with Gasteiger partial charge in [0.15, 0.2) is 0 Å². The maximum atomic E-state index is 11.9. The van der Waals surface area contributed by atoms with Gasteiger partial charge in [0.25, 0.3) is 5.91 Å². The molecular formula is C13H14N2O2. The molecule has 1 amide bonds. The second-order valence-electron chi connectivity index (χ2n) is 4.30. The first-order chi connectivity index (χ1) is 8.34. The summed E-state index contributed by atoms with van der Waals surface area (Å²) in [5, 5.41) is 3.03. The number of aromatic nitrogens is 1. The molecule has 4 heteroatoms. The van der Waals surface area contributed by atoms with Gasteiger partial charge in [-0.1, -0.05) is 0 Å². The minimum Gasteiger partial charge on any atom is -0.469 e. The third-order valence-electron chi connectivity index (χ3n) is 3.20. The Balaban J connectivity index is 1.77. The van der Waals surface area contributed by atoms with E-state index in [1.807, 2.05) is 12.1 Å². The van der Waals surface area contributed by atoms with Crippen molar-refractivity contribution in [2.75, 3.05) is 0 Å². The highest BCUT2D eigenvalue weighted by Crippen LogP contribution is 2.30. The quantitative estimate of drug-likeness (QED) is 0.832. The van der Waals surface area contributed by atoms with E-state index in [1.54, 1.807) is 18.5 Å². The molecule has 0 saturated heterocycles. The zero-order valence-corrected chi connectivity index (χ0v) is 9.40. The van der Waals surface area contributed by atoms with Crippen LogP contribution in [0.15, 0.2) is 35.1 Å². The summed E-state index contributed by atoms with van der Waals surface area (Å²) in [6.07, 6.45) is 6.44. The van der Waals surface area contributed by atoms with Gasteiger partial charge < -0.3 is 14.7 Å². The zero-order valence-electron chi connectivity index (χ0n) is 9.40. The summed E-state index contributed by atoms with van der Waals surface area (Å²) in [5.74, 6) is 0.946. The fourth-order valence-electron chi connectivity index (χ4n) is 2.34. The van der Waals surface area contributed by atoms with Gasteiger partial charge in [0, 0.05) is 18.2 Å². The van der Waals surface area contributed by atoms with Gasteiger partial charge in [0.2, 0.25) is 0 Å². The number of H-pyrrole nitrogens is 1. The fourth-order valence-corrected chi connectivity index (χ4v) is 2.34. The van der Waals surface area contributed by atoms with Gasteiger partial charge in [0.05, 0.1) is 12.3 Å². The summed E-state index contributed by atoms with van der Waals surface area (Å²) < 4.78 is 5.40. The topological polar surface area (TPSA) is 58.0 Å². The monoisotopic (exact) mass is 230 g/mol. The predicted octanol–water partition coefficient (Wildman–Crippen LogP) is 2.42. The molecule has 1 aliphatic rings. The Kier molecular flexibility index (Phi) is 2.48. The Labute approximate surface area is 99.0 Å². The van der Waals surface area contributed by atoms with Gasteiger partial charge in [-0.25, -0.2) is 0 Å². The van der Waals surface area contributed by atoms with Gasteiger partial charge in [0.1, 0.15) is 11.5 Å². The second kappa shape index (κ2) is 4.13. The van der Waals surface area contributed by atoms with Crippen LogP contribution in [0.25, 0.3) is 0 Å². The Morgan fingerprint density at radius 1 is 1.47 bits per heavy atom. The molecule has 1 atom stereocenters. The van der Waals surface area contributed by atoms with Gasteiger partial charge in [-0.15, -0.1) is 0 Å². The first kappa shape index (κ1) is 10.2. The second-order valence-corrected chi connectivity index (χ2v) is 4.30. The van der Waals surface area contributed by atoms with Crippen LogP contribution in [0.3, 0.4) is 0 Å². The summed E-state index contributed by atoms with van der Waals surface area (Å²) in [4.78, 5) is 14.8. The van der Waals surface area contributed by atoms with Crippen molar-refractivity contribution in [1.29, 1.82) is 0 Å². The lowest BCUT2D eigenvalue weighted by Gasteiger charge is -2.22. The normalized spacial score (nSPS) is 18.7. The van der Waals surface area contributed by atoms with E-state index >= 15 is 0 Å². The molecule has 2 aromatic rings. The van der Waals surface area contributed by atoms with Crippen molar-refractivity contribution in [3.8, 4) is 0 Å². The molecule has 2 aromatic heterocycles. The molecule has 1 aliphatic carbocycles. The minimum absolute atomic E-state index is 0.0611. The first-order valence-electron chi connectivity index (χ1n) is 5.85. The molecule has 0 saturated carbocycles.